The van der Waals surface area contributed by atoms with Crippen molar-refractivity contribution in [1.82, 2.24) is 0 Å². The number of methoxy groups -OCH3 is 1. The quantitative estimate of drug-likeness (QED) is 0.0845. The van der Waals surface area contributed by atoms with Crippen LogP contribution in [-0.2, 0) is 32.0 Å². The second-order valence-corrected chi connectivity index (χ2v) is 20.2. The molecule has 0 saturated heterocycles. The summed E-state index contributed by atoms with van der Waals surface area (Å²) in [4.78, 5) is 12.0. The van der Waals surface area contributed by atoms with E-state index in [9.17, 15) is 9.90 Å². The lowest BCUT2D eigenvalue weighted by Crippen LogP contribution is -2.48. The van der Waals surface area contributed by atoms with Crippen molar-refractivity contribution in [3.8, 4) is 17.2 Å². The molecule has 7 heteroatoms. The second kappa shape index (κ2) is 19.5. The number of unbranched alkanes of at least 4 members (excludes halogenated alkanes) is 2. The molecule has 322 valence electrons. The maximum Gasteiger partial charge on any atom is 0.513 e. The van der Waals surface area contributed by atoms with Crippen LogP contribution >= 0.6 is 0 Å². The minimum atomic E-state index is -1.63. The summed E-state index contributed by atoms with van der Waals surface area (Å²) in [5.74, 6) is 2.11. The summed E-state index contributed by atoms with van der Waals surface area (Å²) in [6.07, 6.45) is 7.62. The van der Waals surface area contributed by atoms with Gasteiger partial charge in [-0.25, -0.2) is 4.79 Å². The third-order valence-electron chi connectivity index (χ3n) is 10.8. The fourth-order valence-corrected chi connectivity index (χ4v) is 7.23. The summed E-state index contributed by atoms with van der Waals surface area (Å²) in [7, 11) is 1.29. The van der Waals surface area contributed by atoms with Crippen LogP contribution in [0, 0.1) is 5.92 Å². The van der Waals surface area contributed by atoms with Crippen molar-refractivity contribution in [3.05, 3.63) is 93.6 Å². The fraction of sp³-hybridized carbons (Fsp3) is 0.588. The first-order chi connectivity index (χ1) is 26.8. The number of allylic oxidation sites excluding steroid dienone is 1. The van der Waals surface area contributed by atoms with Gasteiger partial charge in [0.05, 0.1) is 20.3 Å². The number of para-hydroxylation sites is 1. The molecule has 0 fully saturated rings. The van der Waals surface area contributed by atoms with Crippen LogP contribution in [0.2, 0.25) is 0 Å². The minimum absolute atomic E-state index is 0.0747. The van der Waals surface area contributed by atoms with Crippen LogP contribution in [0.1, 0.15) is 175 Å². The fourth-order valence-electron chi connectivity index (χ4n) is 7.23. The molecule has 0 aromatic heterocycles. The Bertz CT molecular complexity index is 1690. The van der Waals surface area contributed by atoms with Gasteiger partial charge in [-0.1, -0.05) is 147 Å². The zero-order chi connectivity index (χ0) is 43.9. The Kier molecular flexibility index (Phi) is 16.3. The number of hydrogen-bond acceptors (Lipinski definition) is 7. The largest absolute Gasteiger partial charge is 0.513 e. The Balaban J connectivity index is 2.44. The lowest BCUT2D eigenvalue weighted by Gasteiger charge is -2.41. The Morgan fingerprint density at radius 2 is 1.10 bits per heavy atom. The number of rotatable bonds is 16. The van der Waals surface area contributed by atoms with E-state index in [-0.39, 0.29) is 27.6 Å². The van der Waals surface area contributed by atoms with Gasteiger partial charge in [0.2, 0.25) is 0 Å². The first kappa shape index (κ1) is 48.6. The molecule has 0 aliphatic rings. The molecule has 3 aromatic carbocycles. The minimum Gasteiger partial charge on any atom is -0.493 e. The van der Waals surface area contributed by atoms with Gasteiger partial charge in [0, 0.05) is 33.9 Å². The van der Waals surface area contributed by atoms with Crippen molar-refractivity contribution >= 4 is 12.2 Å². The molecule has 0 aliphatic heterocycles. The molecule has 58 heavy (non-hydrogen) atoms. The van der Waals surface area contributed by atoms with Crippen molar-refractivity contribution < 1.29 is 28.8 Å². The summed E-state index contributed by atoms with van der Waals surface area (Å²) >= 11 is 0. The van der Waals surface area contributed by atoms with Crippen LogP contribution in [0.4, 0.5) is 4.79 Å². The molecule has 0 heterocycles. The Morgan fingerprint density at radius 3 is 1.47 bits per heavy atom. The average molecular weight is 800 g/mol. The first-order valence-electron chi connectivity index (χ1n) is 21.5. The summed E-state index contributed by atoms with van der Waals surface area (Å²) in [6.45, 7) is 34.1. The molecule has 3 N–H and O–H groups in total. The maximum absolute atomic E-state index is 13.9. The third kappa shape index (κ3) is 12.1. The zero-order valence-electron chi connectivity index (χ0n) is 38.9. The van der Waals surface area contributed by atoms with E-state index >= 15 is 0 Å². The van der Waals surface area contributed by atoms with E-state index in [2.05, 4.69) is 134 Å². The molecule has 0 bridgehead atoms. The summed E-state index contributed by atoms with van der Waals surface area (Å²) in [6, 6.07) is 15.2. The predicted octanol–water partition coefficient (Wildman–Crippen LogP) is 12.7. The third-order valence-corrected chi connectivity index (χ3v) is 10.8. The van der Waals surface area contributed by atoms with Gasteiger partial charge in [-0.05, 0) is 88.3 Å². The number of aliphatic hydroxyl groups is 1. The van der Waals surface area contributed by atoms with E-state index in [1.807, 2.05) is 24.3 Å². The average Bonchev–Trinajstić information content (AvgIpc) is 3.12. The second-order valence-electron chi connectivity index (χ2n) is 20.2. The molecule has 0 radical (unpaired) electrons. The molecule has 0 amide bonds. The van der Waals surface area contributed by atoms with Crippen LogP contribution in [0.25, 0.3) is 6.08 Å². The van der Waals surface area contributed by atoms with E-state index in [0.717, 1.165) is 76.1 Å². The van der Waals surface area contributed by atoms with E-state index < -0.39 is 17.8 Å². The smallest absolute Gasteiger partial charge is 0.493 e. The standard InChI is InChI=1S/C51H77NO6/c1-17-19-27-56-44-38(47(4,5)6)30-36(31-39(44)48(7,8)9)51(54,43(52)29-34(3)25-26-35-23-21-22-24-42(35)58-46(53)55-16)37-32-40(49(10,11)12)45(57-28-20-18-2)41(33-37)50(13,14)15/h21-26,30-34,43,54H,17-20,27-29,52H2,1-16H3. The van der Waals surface area contributed by atoms with Crippen LogP contribution < -0.4 is 19.9 Å². The maximum atomic E-state index is 13.9. The van der Waals surface area contributed by atoms with Crippen molar-refractivity contribution in [1.29, 1.82) is 0 Å². The van der Waals surface area contributed by atoms with Crippen LogP contribution in [0.5, 0.6) is 17.2 Å². The van der Waals surface area contributed by atoms with Gasteiger partial charge >= 0.3 is 6.16 Å². The summed E-state index contributed by atoms with van der Waals surface area (Å²) in [5, 5.41) is 13.9. The van der Waals surface area contributed by atoms with Crippen LogP contribution in [0.15, 0.2) is 54.6 Å². The zero-order valence-corrected chi connectivity index (χ0v) is 38.9. The van der Waals surface area contributed by atoms with Crippen molar-refractivity contribution in [2.24, 2.45) is 11.7 Å². The normalized spacial score (nSPS) is 14.0. The highest BCUT2D eigenvalue weighted by Crippen LogP contribution is 2.48. The molecule has 2 atom stereocenters. The van der Waals surface area contributed by atoms with Crippen molar-refractivity contribution in [2.45, 2.75) is 169 Å². The Hall–Kier alpha value is -3.81. The molecule has 0 aliphatic carbocycles. The number of carbonyl (C=O) groups is 1. The van der Waals surface area contributed by atoms with Gasteiger partial charge in [-0.3, -0.25) is 0 Å². The molecular weight excluding hydrogens is 723 g/mol. The molecule has 3 aromatic rings. The summed E-state index contributed by atoms with van der Waals surface area (Å²) in [5.41, 5.74) is 11.0. The SMILES string of the molecule is CCCCOc1c(C(C)(C)C)cc(C(O)(c2cc(C(C)(C)C)c(OCCCC)c(C(C)(C)C)c2)C(N)CC(C)C=Cc2ccccc2OC(=O)OC)cc1C(C)(C)C. The van der Waals surface area contributed by atoms with E-state index in [4.69, 9.17) is 24.7 Å². The predicted molar refractivity (Wildman–Crippen MR) is 242 cm³/mol. The first-order valence-corrected chi connectivity index (χ1v) is 21.5. The summed E-state index contributed by atoms with van der Waals surface area (Å²) < 4.78 is 23.5. The Morgan fingerprint density at radius 1 is 0.707 bits per heavy atom. The van der Waals surface area contributed by atoms with Gasteiger partial charge in [0.1, 0.15) is 22.8 Å². The van der Waals surface area contributed by atoms with E-state index in [0.29, 0.717) is 25.4 Å². The van der Waals surface area contributed by atoms with Gasteiger partial charge in [-0.2, -0.15) is 0 Å². The highest BCUT2D eigenvalue weighted by molar-refractivity contribution is 5.67. The monoisotopic (exact) mass is 800 g/mol. The number of ether oxygens (including phenoxy) is 4. The van der Waals surface area contributed by atoms with Crippen molar-refractivity contribution in [2.75, 3.05) is 20.3 Å². The van der Waals surface area contributed by atoms with E-state index in [1.54, 1.807) is 6.07 Å². The molecular formula is C51H77NO6. The number of hydrogen-bond donors (Lipinski definition) is 2. The number of carbonyl (C=O) groups excluding carboxylic acids is 1. The van der Waals surface area contributed by atoms with E-state index in [1.165, 1.54) is 7.11 Å². The highest BCUT2D eigenvalue weighted by Gasteiger charge is 2.43. The lowest BCUT2D eigenvalue weighted by atomic mass is 9.70. The molecule has 0 spiro atoms. The molecule has 0 saturated carbocycles. The lowest BCUT2D eigenvalue weighted by molar-refractivity contribution is 0.0447. The van der Waals surface area contributed by atoms with Gasteiger partial charge in [0.15, 0.2) is 0 Å². The van der Waals surface area contributed by atoms with Gasteiger partial charge in [-0.15, -0.1) is 0 Å². The molecule has 3 rings (SSSR count). The van der Waals surface area contributed by atoms with Gasteiger partial charge in [0.25, 0.3) is 0 Å². The topological polar surface area (TPSA) is 100 Å². The molecule has 2 unspecified atom stereocenters. The molecule has 7 nitrogen and oxygen atoms in total. The number of benzene rings is 3. The number of nitrogens with two attached hydrogens (primary N) is 1. The Labute approximate surface area is 352 Å². The van der Waals surface area contributed by atoms with Crippen LogP contribution in [-0.4, -0.2) is 37.6 Å². The van der Waals surface area contributed by atoms with Crippen LogP contribution in [0.3, 0.4) is 0 Å². The van der Waals surface area contributed by atoms with Gasteiger partial charge < -0.3 is 29.8 Å². The highest BCUT2D eigenvalue weighted by atomic mass is 16.7. The van der Waals surface area contributed by atoms with Crippen molar-refractivity contribution in [3.63, 3.8) is 0 Å².